The first-order chi connectivity index (χ1) is 11.2. The van der Waals surface area contributed by atoms with Crippen LogP contribution in [0.15, 0.2) is 0 Å². The van der Waals surface area contributed by atoms with E-state index in [2.05, 4.69) is 42.7 Å². The minimum absolute atomic E-state index is 0.532. The third-order valence-corrected chi connectivity index (χ3v) is 6.96. The molecule has 0 spiro atoms. The Kier molecular flexibility index (Phi) is 7.44. The lowest BCUT2D eigenvalue weighted by atomic mass is 9.86. The van der Waals surface area contributed by atoms with Crippen molar-refractivity contribution in [2.45, 2.75) is 57.7 Å². The number of hydrogen-bond acceptors (Lipinski definition) is 4. The maximum Gasteiger partial charge on any atom is 0.0603 e. The van der Waals surface area contributed by atoms with Crippen molar-refractivity contribution in [1.82, 2.24) is 12.9 Å². The van der Waals surface area contributed by atoms with E-state index in [1.807, 2.05) is 0 Å². The monoisotopic (exact) mass is 435 g/mol. The Morgan fingerprint density at radius 3 is 1.96 bits per heavy atom. The van der Waals surface area contributed by atoms with Crippen molar-refractivity contribution < 1.29 is 4.74 Å². The fourth-order valence-electron chi connectivity index (χ4n) is 4.34. The number of hydrogen-bond donors (Lipinski definition) is 0. The van der Waals surface area contributed by atoms with Gasteiger partial charge in [-0.3, -0.25) is 0 Å². The first-order valence-electron chi connectivity index (χ1n) is 9.74. The van der Waals surface area contributed by atoms with Crippen molar-refractivity contribution in [1.29, 1.82) is 0 Å². The van der Waals surface area contributed by atoms with Crippen LogP contribution in [-0.4, -0.2) is 77.5 Å². The van der Waals surface area contributed by atoms with Crippen LogP contribution >= 0.6 is 22.9 Å². The third-order valence-electron chi connectivity index (χ3n) is 5.99. The van der Waals surface area contributed by atoms with E-state index in [0.717, 1.165) is 5.92 Å². The average Bonchev–Trinajstić information content (AvgIpc) is 2.59. The molecule has 0 radical (unpaired) electrons. The second kappa shape index (κ2) is 9.32. The van der Waals surface area contributed by atoms with Crippen molar-refractivity contribution >= 4 is 22.9 Å². The van der Waals surface area contributed by atoms with Crippen molar-refractivity contribution in [2.75, 3.05) is 52.4 Å². The molecule has 0 aromatic carbocycles. The van der Waals surface area contributed by atoms with Crippen LogP contribution in [0.4, 0.5) is 0 Å². The number of halogens is 1. The lowest BCUT2D eigenvalue weighted by Gasteiger charge is -2.38. The molecule has 3 aliphatic rings. The number of piperazine rings is 1. The Labute approximate surface area is 156 Å². The van der Waals surface area contributed by atoms with Crippen LogP contribution in [0.3, 0.4) is 0 Å². The molecular formula is C18H34IN3O. The first-order valence-corrected chi connectivity index (χ1v) is 10.7. The summed E-state index contributed by atoms with van der Waals surface area (Å²) in [7, 11) is 0. The highest BCUT2D eigenvalue weighted by molar-refractivity contribution is 14.1. The lowest BCUT2D eigenvalue weighted by Crippen LogP contribution is -2.47. The van der Waals surface area contributed by atoms with Crippen LogP contribution in [0.1, 0.15) is 45.4 Å². The van der Waals surface area contributed by atoms with E-state index in [1.165, 1.54) is 90.9 Å². The molecule has 23 heavy (non-hydrogen) atoms. The fraction of sp³-hybridized carbons (Fsp3) is 1.00. The Morgan fingerprint density at radius 1 is 0.783 bits per heavy atom. The Balaban J connectivity index is 1.31. The highest BCUT2D eigenvalue weighted by Gasteiger charge is 2.27. The molecule has 1 saturated carbocycles. The Hall–Kier alpha value is 0.570. The van der Waals surface area contributed by atoms with E-state index in [0.29, 0.717) is 12.2 Å². The number of likely N-dealkylation sites (N-methyl/N-ethyl adjacent to an activating group) is 1. The summed E-state index contributed by atoms with van der Waals surface area (Å²) in [5.74, 6) is 0.916. The van der Waals surface area contributed by atoms with Gasteiger partial charge in [0.2, 0.25) is 0 Å². The molecule has 0 aromatic rings. The standard InChI is InChI=1S/C18H34IN3O/c1-2-20-11-13-21(14-12-20)15-16-3-5-17(6-4-16)23-18-7-9-22(19)10-8-18/h16-18H,2-15H2,1H3. The normalized spacial score (nSPS) is 33.1. The molecule has 0 aromatic heterocycles. The molecule has 0 N–H and O–H groups in total. The van der Waals surface area contributed by atoms with Gasteiger partial charge in [0.25, 0.3) is 0 Å². The summed E-state index contributed by atoms with van der Waals surface area (Å²) >= 11 is 2.44. The highest BCUT2D eigenvalue weighted by Crippen LogP contribution is 2.29. The van der Waals surface area contributed by atoms with Crippen molar-refractivity contribution in [3.8, 4) is 0 Å². The van der Waals surface area contributed by atoms with Gasteiger partial charge in [-0.25, -0.2) is 3.11 Å². The van der Waals surface area contributed by atoms with Crippen molar-refractivity contribution in [3.05, 3.63) is 0 Å². The number of ether oxygens (including phenoxy) is 1. The molecule has 134 valence electrons. The second-order valence-corrected chi connectivity index (χ2v) is 8.99. The van der Waals surface area contributed by atoms with Gasteiger partial charge >= 0.3 is 0 Å². The van der Waals surface area contributed by atoms with E-state index in [1.54, 1.807) is 0 Å². The molecule has 2 aliphatic heterocycles. The van der Waals surface area contributed by atoms with Gasteiger partial charge in [0, 0.05) is 68.7 Å². The molecule has 5 heteroatoms. The van der Waals surface area contributed by atoms with Gasteiger partial charge in [-0.15, -0.1) is 0 Å². The van der Waals surface area contributed by atoms with Gasteiger partial charge < -0.3 is 14.5 Å². The fourth-order valence-corrected chi connectivity index (χ4v) is 4.89. The quantitative estimate of drug-likeness (QED) is 0.488. The summed E-state index contributed by atoms with van der Waals surface area (Å²) in [6.45, 7) is 12.3. The maximum absolute atomic E-state index is 6.40. The van der Waals surface area contributed by atoms with Gasteiger partial charge in [-0.1, -0.05) is 6.92 Å². The van der Waals surface area contributed by atoms with Gasteiger partial charge in [-0.05, 0) is 51.0 Å². The van der Waals surface area contributed by atoms with Gasteiger partial charge in [0.05, 0.1) is 12.2 Å². The van der Waals surface area contributed by atoms with Gasteiger partial charge in [0.1, 0.15) is 0 Å². The van der Waals surface area contributed by atoms with E-state index in [4.69, 9.17) is 4.74 Å². The molecule has 0 atom stereocenters. The topological polar surface area (TPSA) is 19.0 Å². The molecular weight excluding hydrogens is 401 g/mol. The van der Waals surface area contributed by atoms with Crippen LogP contribution < -0.4 is 0 Å². The second-order valence-electron chi connectivity index (χ2n) is 7.62. The van der Waals surface area contributed by atoms with E-state index in [-0.39, 0.29) is 0 Å². The van der Waals surface area contributed by atoms with Crippen LogP contribution in [0.5, 0.6) is 0 Å². The average molecular weight is 435 g/mol. The molecule has 3 rings (SSSR count). The molecule has 0 unspecified atom stereocenters. The SMILES string of the molecule is CCN1CCN(CC2CCC(OC3CCN(I)CC3)CC2)CC1. The number of nitrogens with zero attached hydrogens (tertiary/aromatic N) is 3. The van der Waals surface area contributed by atoms with E-state index in [9.17, 15) is 0 Å². The smallest absolute Gasteiger partial charge is 0.0603 e. The molecule has 0 amide bonds. The molecule has 0 bridgehead atoms. The van der Waals surface area contributed by atoms with Crippen molar-refractivity contribution in [3.63, 3.8) is 0 Å². The minimum Gasteiger partial charge on any atom is -0.375 e. The van der Waals surface area contributed by atoms with Crippen LogP contribution in [0.25, 0.3) is 0 Å². The maximum atomic E-state index is 6.40. The summed E-state index contributed by atoms with van der Waals surface area (Å²) in [5.41, 5.74) is 0. The molecule has 2 saturated heterocycles. The van der Waals surface area contributed by atoms with Crippen LogP contribution in [0, 0.1) is 5.92 Å². The molecule has 3 fully saturated rings. The summed E-state index contributed by atoms with van der Waals surface area (Å²) < 4.78 is 8.79. The van der Waals surface area contributed by atoms with Gasteiger partial charge in [-0.2, -0.15) is 0 Å². The first kappa shape index (κ1) is 18.4. The third kappa shape index (κ3) is 5.80. The molecule has 2 heterocycles. The van der Waals surface area contributed by atoms with Gasteiger partial charge in [0.15, 0.2) is 0 Å². The summed E-state index contributed by atoms with van der Waals surface area (Å²) in [5, 5.41) is 0. The van der Waals surface area contributed by atoms with E-state index < -0.39 is 0 Å². The Morgan fingerprint density at radius 2 is 1.35 bits per heavy atom. The number of rotatable bonds is 5. The zero-order valence-electron chi connectivity index (χ0n) is 14.8. The minimum atomic E-state index is 0.532. The predicted molar refractivity (Wildman–Crippen MR) is 104 cm³/mol. The molecule has 1 aliphatic carbocycles. The Bertz CT molecular complexity index is 333. The zero-order valence-corrected chi connectivity index (χ0v) is 16.9. The zero-order chi connectivity index (χ0) is 16.1. The summed E-state index contributed by atoms with van der Waals surface area (Å²) in [6, 6.07) is 0. The predicted octanol–water partition coefficient (Wildman–Crippen LogP) is 3.01. The van der Waals surface area contributed by atoms with E-state index >= 15 is 0 Å². The largest absolute Gasteiger partial charge is 0.375 e. The highest BCUT2D eigenvalue weighted by atomic mass is 127. The molecule has 4 nitrogen and oxygen atoms in total. The summed E-state index contributed by atoms with van der Waals surface area (Å²) in [6.07, 6.45) is 8.88. The summed E-state index contributed by atoms with van der Waals surface area (Å²) in [4.78, 5) is 5.27. The lowest BCUT2D eigenvalue weighted by molar-refractivity contribution is -0.0545. The van der Waals surface area contributed by atoms with Crippen LogP contribution in [0.2, 0.25) is 0 Å². The van der Waals surface area contributed by atoms with Crippen molar-refractivity contribution in [2.24, 2.45) is 5.92 Å². The number of piperidine rings is 1. The van der Waals surface area contributed by atoms with Crippen LogP contribution in [-0.2, 0) is 4.74 Å².